The van der Waals surface area contributed by atoms with Crippen LogP contribution in [0.2, 0.25) is 0 Å². The van der Waals surface area contributed by atoms with Crippen LogP contribution in [-0.2, 0) is 25.6 Å². The highest BCUT2D eigenvalue weighted by Gasteiger charge is 2.31. The molecule has 2 atom stereocenters. The summed E-state index contributed by atoms with van der Waals surface area (Å²) in [6, 6.07) is 9.71. The number of ether oxygens (including phenoxy) is 3. The molecule has 1 N–H and O–H groups in total. The van der Waals surface area contributed by atoms with E-state index >= 15 is 0 Å². The van der Waals surface area contributed by atoms with E-state index in [0.717, 1.165) is 5.56 Å². The minimum absolute atomic E-state index is 0.0781. The molecule has 1 aromatic rings. The third-order valence-electron chi connectivity index (χ3n) is 2.39. The number of hydrogen-bond donors (Lipinski definition) is 1. The van der Waals surface area contributed by atoms with Crippen molar-refractivity contribution < 1.29 is 24.1 Å². The Morgan fingerprint density at radius 3 is 2.82 bits per heavy atom. The standard InChI is InChI=1S/C12H14O5/c13-12(14)10-7-16-11(17-10)8-15-6-9-4-2-1-3-5-9/h1-5,10-11H,6-8H2,(H,13,14)/t10?,11-/m1/s1. The average Bonchev–Trinajstić information content (AvgIpc) is 2.79. The number of carboxylic acid groups (broad SMARTS) is 1. The summed E-state index contributed by atoms with van der Waals surface area (Å²) in [5.74, 6) is -1.00. The molecule has 1 unspecified atom stereocenters. The molecule has 1 heterocycles. The fraction of sp³-hybridized carbons (Fsp3) is 0.417. The molecule has 0 spiro atoms. The van der Waals surface area contributed by atoms with Gasteiger partial charge in [0.25, 0.3) is 0 Å². The maximum atomic E-state index is 10.6. The van der Waals surface area contributed by atoms with E-state index in [1.807, 2.05) is 30.3 Å². The van der Waals surface area contributed by atoms with E-state index in [9.17, 15) is 4.79 Å². The van der Waals surface area contributed by atoms with Gasteiger partial charge >= 0.3 is 5.97 Å². The minimum atomic E-state index is -1.00. The third-order valence-corrected chi connectivity index (χ3v) is 2.39. The Labute approximate surface area is 98.9 Å². The van der Waals surface area contributed by atoms with Gasteiger partial charge in [0, 0.05) is 0 Å². The third kappa shape index (κ3) is 3.52. The maximum Gasteiger partial charge on any atom is 0.335 e. The first-order valence-corrected chi connectivity index (χ1v) is 5.37. The molecule has 1 saturated heterocycles. The van der Waals surface area contributed by atoms with Crippen LogP contribution in [0.25, 0.3) is 0 Å². The summed E-state index contributed by atoms with van der Waals surface area (Å²) in [7, 11) is 0. The van der Waals surface area contributed by atoms with E-state index < -0.39 is 18.4 Å². The lowest BCUT2D eigenvalue weighted by molar-refractivity contribution is -0.154. The van der Waals surface area contributed by atoms with Crippen molar-refractivity contribution in [2.45, 2.75) is 19.0 Å². The Bertz CT molecular complexity index is 364. The summed E-state index contributed by atoms with van der Waals surface area (Å²) < 4.78 is 15.6. The molecule has 0 saturated carbocycles. The Kier molecular flexibility index (Phi) is 4.08. The first kappa shape index (κ1) is 12.0. The van der Waals surface area contributed by atoms with Gasteiger partial charge in [-0.2, -0.15) is 0 Å². The van der Waals surface area contributed by atoms with Crippen LogP contribution in [0.5, 0.6) is 0 Å². The molecule has 0 amide bonds. The summed E-state index contributed by atoms with van der Waals surface area (Å²) in [6.07, 6.45) is -1.46. The number of carbonyl (C=O) groups is 1. The van der Waals surface area contributed by atoms with Crippen LogP contribution in [0.15, 0.2) is 30.3 Å². The van der Waals surface area contributed by atoms with Crippen molar-refractivity contribution in [3.8, 4) is 0 Å². The monoisotopic (exact) mass is 238 g/mol. The van der Waals surface area contributed by atoms with Gasteiger partial charge in [-0.15, -0.1) is 0 Å². The smallest absolute Gasteiger partial charge is 0.335 e. The van der Waals surface area contributed by atoms with Crippen molar-refractivity contribution in [2.75, 3.05) is 13.2 Å². The Hall–Kier alpha value is -1.43. The van der Waals surface area contributed by atoms with Crippen molar-refractivity contribution in [3.63, 3.8) is 0 Å². The summed E-state index contributed by atoms with van der Waals surface area (Å²) in [5.41, 5.74) is 1.06. The van der Waals surface area contributed by atoms with Gasteiger partial charge in [-0.1, -0.05) is 30.3 Å². The molecule has 0 bridgehead atoms. The normalized spacial score (nSPS) is 23.8. The van der Waals surface area contributed by atoms with Gasteiger partial charge in [0.1, 0.15) is 0 Å². The van der Waals surface area contributed by atoms with Gasteiger partial charge in [-0.3, -0.25) is 0 Å². The Morgan fingerprint density at radius 1 is 1.41 bits per heavy atom. The van der Waals surface area contributed by atoms with E-state index in [-0.39, 0.29) is 13.2 Å². The highest BCUT2D eigenvalue weighted by molar-refractivity contribution is 5.72. The topological polar surface area (TPSA) is 65.0 Å². The van der Waals surface area contributed by atoms with Crippen molar-refractivity contribution in [3.05, 3.63) is 35.9 Å². The van der Waals surface area contributed by atoms with Gasteiger partial charge in [0.2, 0.25) is 0 Å². The van der Waals surface area contributed by atoms with Gasteiger partial charge in [-0.25, -0.2) is 4.79 Å². The van der Waals surface area contributed by atoms with Crippen LogP contribution in [0.3, 0.4) is 0 Å². The molecule has 0 aromatic heterocycles. The average molecular weight is 238 g/mol. The number of benzene rings is 1. The molecule has 1 aliphatic rings. The molecular weight excluding hydrogens is 224 g/mol. The number of rotatable bonds is 5. The second kappa shape index (κ2) is 5.77. The van der Waals surface area contributed by atoms with Gasteiger partial charge in [-0.05, 0) is 5.56 Å². The molecule has 5 heteroatoms. The fourth-order valence-electron chi connectivity index (χ4n) is 1.52. The first-order valence-electron chi connectivity index (χ1n) is 5.37. The lowest BCUT2D eigenvalue weighted by Gasteiger charge is -2.10. The molecule has 92 valence electrons. The van der Waals surface area contributed by atoms with Crippen molar-refractivity contribution in [2.24, 2.45) is 0 Å². The van der Waals surface area contributed by atoms with E-state index in [0.29, 0.717) is 6.61 Å². The van der Waals surface area contributed by atoms with Crippen molar-refractivity contribution >= 4 is 5.97 Å². The zero-order valence-corrected chi connectivity index (χ0v) is 9.24. The first-order chi connectivity index (χ1) is 8.25. The molecule has 5 nitrogen and oxygen atoms in total. The zero-order chi connectivity index (χ0) is 12.1. The van der Waals surface area contributed by atoms with Gasteiger partial charge in [0.15, 0.2) is 12.4 Å². The molecule has 1 aliphatic heterocycles. The molecular formula is C12H14O5. The van der Waals surface area contributed by atoms with Crippen LogP contribution in [0.1, 0.15) is 5.56 Å². The van der Waals surface area contributed by atoms with Crippen LogP contribution >= 0.6 is 0 Å². The molecule has 1 fully saturated rings. The zero-order valence-electron chi connectivity index (χ0n) is 9.24. The van der Waals surface area contributed by atoms with E-state index in [2.05, 4.69) is 0 Å². The number of hydrogen-bond acceptors (Lipinski definition) is 4. The Balaban J connectivity index is 1.68. The summed E-state index contributed by atoms with van der Waals surface area (Å²) in [5, 5.41) is 8.69. The second-order valence-corrected chi connectivity index (χ2v) is 3.73. The van der Waals surface area contributed by atoms with E-state index in [4.69, 9.17) is 19.3 Å². The maximum absolute atomic E-state index is 10.6. The SMILES string of the molecule is O=C(O)C1CO[C@@H](COCc2ccccc2)O1. The Morgan fingerprint density at radius 2 is 2.18 bits per heavy atom. The quantitative estimate of drug-likeness (QED) is 0.830. The summed E-state index contributed by atoms with van der Waals surface area (Å²) in [4.78, 5) is 10.6. The van der Waals surface area contributed by atoms with E-state index in [1.165, 1.54) is 0 Å². The molecule has 17 heavy (non-hydrogen) atoms. The van der Waals surface area contributed by atoms with Crippen LogP contribution in [0, 0.1) is 0 Å². The highest BCUT2D eigenvalue weighted by atomic mass is 16.7. The fourth-order valence-corrected chi connectivity index (χ4v) is 1.52. The minimum Gasteiger partial charge on any atom is -0.479 e. The summed E-state index contributed by atoms with van der Waals surface area (Å²) in [6.45, 7) is 0.773. The molecule has 0 radical (unpaired) electrons. The van der Waals surface area contributed by atoms with Crippen molar-refractivity contribution in [1.82, 2.24) is 0 Å². The number of aliphatic carboxylic acids is 1. The summed E-state index contributed by atoms with van der Waals surface area (Å²) >= 11 is 0. The molecule has 2 rings (SSSR count). The lowest BCUT2D eigenvalue weighted by Crippen LogP contribution is -2.24. The van der Waals surface area contributed by atoms with Gasteiger partial charge in [0.05, 0.1) is 19.8 Å². The van der Waals surface area contributed by atoms with E-state index in [1.54, 1.807) is 0 Å². The predicted octanol–water partition coefficient (Wildman–Crippen LogP) is 1.03. The lowest BCUT2D eigenvalue weighted by atomic mass is 10.2. The largest absolute Gasteiger partial charge is 0.479 e. The van der Waals surface area contributed by atoms with Crippen molar-refractivity contribution in [1.29, 1.82) is 0 Å². The van der Waals surface area contributed by atoms with Gasteiger partial charge < -0.3 is 19.3 Å². The van der Waals surface area contributed by atoms with Crippen LogP contribution in [-0.4, -0.2) is 36.7 Å². The molecule has 1 aromatic carbocycles. The van der Waals surface area contributed by atoms with Crippen LogP contribution < -0.4 is 0 Å². The molecule has 0 aliphatic carbocycles. The number of carboxylic acids is 1. The predicted molar refractivity (Wildman–Crippen MR) is 58.3 cm³/mol. The highest BCUT2D eigenvalue weighted by Crippen LogP contribution is 2.12. The second-order valence-electron chi connectivity index (χ2n) is 3.73. The van der Waals surface area contributed by atoms with Crippen LogP contribution in [0.4, 0.5) is 0 Å².